The van der Waals surface area contributed by atoms with Gasteiger partial charge in [-0.05, 0) is 54.8 Å². The first kappa shape index (κ1) is 18.5. The van der Waals surface area contributed by atoms with Gasteiger partial charge < -0.3 is 13.9 Å². The van der Waals surface area contributed by atoms with Crippen molar-refractivity contribution < 1.29 is 23.5 Å². The van der Waals surface area contributed by atoms with Crippen LogP contribution in [0, 0.1) is 0 Å². The van der Waals surface area contributed by atoms with Gasteiger partial charge in [0, 0.05) is 0 Å². The van der Waals surface area contributed by atoms with Gasteiger partial charge in [-0.1, -0.05) is 37.6 Å². The molecule has 0 radical (unpaired) electrons. The Kier molecular flexibility index (Phi) is 6.05. The van der Waals surface area contributed by atoms with Gasteiger partial charge in [0.15, 0.2) is 11.5 Å². The van der Waals surface area contributed by atoms with E-state index in [1.54, 1.807) is 42.5 Å². The van der Waals surface area contributed by atoms with E-state index in [9.17, 15) is 9.59 Å². The highest BCUT2D eigenvalue weighted by Crippen LogP contribution is 2.28. The van der Waals surface area contributed by atoms with Crippen LogP contribution in [0.4, 0.5) is 0 Å². The van der Waals surface area contributed by atoms with Crippen molar-refractivity contribution in [2.45, 2.75) is 26.2 Å². The molecule has 0 bridgehead atoms. The summed E-state index contributed by atoms with van der Waals surface area (Å²) in [7, 11) is 0. The van der Waals surface area contributed by atoms with Gasteiger partial charge >= 0.3 is 11.9 Å². The molecule has 0 spiro atoms. The molecule has 0 saturated heterocycles. The van der Waals surface area contributed by atoms with Crippen molar-refractivity contribution in [2.24, 2.45) is 0 Å². The summed E-state index contributed by atoms with van der Waals surface area (Å²) in [6.45, 7) is 2.14. The highest BCUT2D eigenvalue weighted by Gasteiger charge is 2.17. The van der Waals surface area contributed by atoms with Crippen LogP contribution < -0.4 is 9.47 Å². The number of aryl methyl sites for hydroxylation is 1. The van der Waals surface area contributed by atoms with Crippen molar-refractivity contribution in [1.82, 2.24) is 0 Å². The first-order chi connectivity index (χ1) is 13.2. The summed E-state index contributed by atoms with van der Waals surface area (Å²) in [6.07, 6.45) is 4.60. The van der Waals surface area contributed by atoms with Crippen LogP contribution in [-0.4, -0.2) is 11.9 Å². The summed E-state index contributed by atoms with van der Waals surface area (Å²) < 4.78 is 15.7. The van der Waals surface area contributed by atoms with Gasteiger partial charge in [0.1, 0.15) is 0 Å². The lowest BCUT2D eigenvalue weighted by Crippen LogP contribution is -2.12. The Balaban J connectivity index is 1.70. The first-order valence-electron chi connectivity index (χ1n) is 8.83. The van der Waals surface area contributed by atoms with E-state index in [2.05, 4.69) is 6.92 Å². The number of hydrogen-bond acceptors (Lipinski definition) is 5. The van der Waals surface area contributed by atoms with Gasteiger partial charge in [-0.25, -0.2) is 9.59 Å². The monoisotopic (exact) mass is 364 g/mol. The van der Waals surface area contributed by atoms with Crippen molar-refractivity contribution in [1.29, 1.82) is 0 Å². The molecule has 5 heteroatoms. The summed E-state index contributed by atoms with van der Waals surface area (Å²) in [5.74, 6) is -0.801. The Labute approximate surface area is 157 Å². The summed E-state index contributed by atoms with van der Waals surface area (Å²) in [5.41, 5.74) is 1.61. The van der Waals surface area contributed by atoms with Crippen LogP contribution in [0.15, 0.2) is 71.3 Å². The lowest BCUT2D eigenvalue weighted by atomic mass is 10.1. The largest absolute Gasteiger partial charge is 0.457 e. The maximum Gasteiger partial charge on any atom is 0.379 e. The summed E-state index contributed by atoms with van der Waals surface area (Å²) >= 11 is 0. The molecule has 0 atom stereocenters. The molecule has 0 aliphatic heterocycles. The molecule has 0 unspecified atom stereocenters. The SMILES string of the molecule is CCCCc1ccc(C(=O)Oc2ccccc2OC(=O)c2ccco2)cc1. The molecule has 2 aromatic carbocycles. The number of benzene rings is 2. The van der Waals surface area contributed by atoms with Crippen molar-refractivity contribution in [3.63, 3.8) is 0 Å². The lowest BCUT2D eigenvalue weighted by Gasteiger charge is -2.10. The number of ether oxygens (including phenoxy) is 2. The number of hydrogen-bond donors (Lipinski definition) is 0. The number of carbonyl (C=O) groups is 2. The van der Waals surface area contributed by atoms with E-state index in [1.165, 1.54) is 17.9 Å². The molecular weight excluding hydrogens is 344 g/mol. The van der Waals surface area contributed by atoms with E-state index in [0.717, 1.165) is 19.3 Å². The minimum atomic E-state index is -0.663. The Hall–Kier alpha value is -3.34. The second kappa shape index (κ2) is 8.85. The fourth-order valence-electron chi connectivity index (χ4n) is 2.51. The van der Waals surface area contributed by atoms with Crippen molar-refractivity contribution >= 4 is 11.9 Å². The number of esters is 2. The highest BCUT2D eigenvalue weighted by atomic mass is 16.6. The van der Waals surface area contributed by atoms with E-state index in [4.69, 9.17) is 13.9 Å². The van der Waals surface area contributed by atoms with E-state index in [0.29, 0.717) is 5.56 Å². The van der Waals surface area contributed by atoms with Crippen LogP contribution in [0.3, 0.4) is 0 Å². The standard InChI is InChI=1S/C22H20O5/c1-2-3-7-16-11-13-17(14-12-16)21(23)26-18-8-4-5-9-19(18)27-22(24)20-10-6-15-25-20/h4-6,8-15H,2-3,7H2,1H3. The molecule has 0 saturated carbocycles. The molecule has 0 aliphatic carbocycles. The van der Waals surface area contributed by atoms with E-state index >= 15 is 0 Å². The number of unbranched alkanes of at least 4 members (excludes halogenated alkanes) is 1. The Morgan fingerprint density at radius 3 is 2.11 bits per heavy atom. The zero-order valence-electron chi connectivity index (χ0n) is 15.0. The molecule has 0 aliphatic rings. The van der Waals surface area contributed by atoms with Crippen LogP contribution in [0.5, 0.6) is 11.5 Å². The van der Waals surface area contributed by atoms with Gasteiger partial charge in [-0.2, -0.15) is 0 Å². The molecule has 0 amide bonds. The molecule has 0 fully saturated rings. The average molecular weight is 364 g/mol. The number of carbonyl (C=O) groups excluding carboxylic acids is 2. The predicted molar refractivity (Wildman–Crippen MR) is 100 cm³/mol. The third-order valence-corrected chi connectivity index (χ3v) is 3.99. The van der Waals surface area contributed by atoms with E-state index in [-0.39, 0.29) is 17.3 Å². The Morgan fingerprint density at radius 1 is 0.852 bits per heavy atom. The minimum absolute atomic E-state index is 0.0683. The highest BCUT2D eigenvalue weighted by molar-refractivity contribution is 5.92. The molecule has 27 heavy (non-hydrogen) atoms. The third-order valence-electron chi connectivity index (χ3n) is 3.99. The molecule has 3 aromatic rings. The predicted octanol–water partition coefficient (Wildman–Crippen LogP) is 5.06. The quantitative estimate of drug-likeness (QED) is 0.433. The second-order valence-corrected chi connectivity index (χ2v) is 6.00. The fraction of sp³-hybridized carbons (Fsp3) is 0.182. The third kappa shape index (κ3) is 4.85. The zero-order chi connectivity index (χ0) is 19.1. The Bertz CT molecular complexity index is 895. The van der Waals surface area contributed by atoms with Crippen molar-refractivity contribution in [2.75, 3.05) is 0 Å². The number of para-hydroxylation sites is 2. The van der Waals surface area contributed by atoms with Crippen LogP contribution in [0.1, 0.15) is 46.2 Å². The molecule has 1 aromatic heterocycles. The Morgan fingerprint density at radius 2 is 1.52 bits per heavy atom. The molecule has 1 heterocycles. The van der Waals surface area contributed by atoms with Crippen LogP contribution >= 0.6 is 0 Å². The maximum absolute atomic E-state index is 12.4. The van der Waals surface area contributed by atoms with Crippen molar-refractivity contribution in [3.8, 4) is 11.5 Å². The molecular formula is C22H20O5. The van der Waals surface area contributed by atoms with Crippen molar-refractivity contribution in [3.05, 3.63) is 83.8 Å². The lowest BCUT2D eigenvalue weighted by molar-refractivity contribution is 0.0663. The molecule has 3 rings (SSSR count). The van der Waals surface area contributed by atoms with Gasteiger partial charge in [0.05, 0.1) is 11.8 Å². The second-order valence-electron chi connectivity index (χ2n) is 6.00. The van der Waals surface area contributed by atoms with Gasteiger partial charge in [-0.3, -0.25) is 0 Å². The average Bonchev–Trinajstić information content (AvgIpc) is 3.23. The smallest absolute Gasteiger partial charge is 0.379 e. The number of rotatable bonds is 7. The summed E-state index contributed by atoms with van der Waals surface area (Å²) in [6, 6.07) is 16.9. The number of furan rings is 1. The van der Waals surface area contributed by atoms with Gasteiger partial charge in [0.2, 0.25) is 5.76 Å². The fourth-order valence-corrected chi connectivity index (χ4v) is 2.51. The van der Waals surface area contributed by atoms with Gasteiger partial charge in [-0.15, -0.1) is 0 Å². The van der Waals surface area contributed by atoms with Crippen LogP contribution in [0.25, 0.3) is 0 Å². The molecule has 5 nitrogen and oxygen atoms in total. The van der Waals surface area contributed by atoms with E-state index in [1.807, 2.05) is 12.1 Å². The normalized spacial score (nSPS) is 10.4. The van der Waals surface area contributed by atoms with E-state index < -0.39 is 11.9 Å². The molecule has 138 valence electrons. The summed E-state index contributed by atoms with van der Waals surface area (Å²) in [4.78, 5) is 24.5. The molecule has 0 N–H and O–H groups in total. The summed E-state index contributed by atoms with van der Waals surface area (Å²) in [5, 5.41) is 0. The topological polar surface area (TPSA) is 65.7 Å². The van der Waals surface area contributed by atoms with Gasteiger partial charge in [0.25, 0.3) is 0 Å². The first-order valence-corrected chi connectivity index (χ1v) is 8.83. The van der Waals surface area contributed by atoms with Crippen LogP contribution in [-0.2, 0) is 6.42 Å². The zero-order valence-corrected chi connectivity index (χ0v) is 15.0. The maximum atomic E-state index is 12.4. The van der Waals surface area contributed by atoms with Crippen LogP contribution in [0.2, 0.25) is 0 Å². The minimum Gasteiger partial charge on any atom is -0.457 e.